The standard InChI is InChI=1S/C26H20N2O3S/c1-16-12-13-21(31-2)20(15-16)28-25(29)23(22-11-6-14-32-22)24(26(28)30)27-19-10-5-8-17-7-3-4-9-18(17)19/h3-15,27H,1-2H3. The lowest BCUT2D eigenvalue weighted by molar-refractivity contribution is -0.120. The highest BCUT2D eigenvalue weighted by Gasteiger charge is 2.42. The van der Waals surface area contributed by atoms with Crippen LogP contribution in [0.1, 0.15) is 10.4 Å². The maximum absolute atomic E-state index is 13.7. The first-order valence-corrected chi connectivity index (χ1v) is 11.0. The van der Waals surface area contributed by atoms with E-state index >= 15 is 0 Å². The molecule has 0 atom stereocenters. The third kappa shape index (κ3) is 3.25. The molecule has 158 valence electrons. The molecule has 1 aromatic heterocycles. The Bertz CT molecular complexity index is 1380. The minimum atomic E-state index is -0.407. The zero-order valence-electron chi connectivity index (χ0n) is 17.6. The molecule has 1 aliphatic rings. The summed E-state index contributed by atoms with van der Waals surface area (Å²) in [6.45, 7) is 1.91. The SMILES string of the molecule is COc1ccc(C)cc1N1C(=O)C(Nc2cccc3ccccc23)=C(c2cccs2)C1=O. The molecule has 5 nitrogen and oxygen atoms in total. The van der Waals surface area contributed by atoms with Gasteiger partial charge in [0.15, 0.2) is 0 Å². The number of anilines is 2. The largest absolute Gasteiger partial charge is 0.495 e. The Morgan fingerprint density at radius 2 is 1.72 bits per heavy atom. The van der Waals surface area contributed by atoms with Gasteiger partial charge in [0.1, 0.15) is 11.4 Å². The van der Waals surface area contributed by atoms with Crippen LogP contribution in [0, 0.1) is 6.92 Å². The fourth-order valence-electron chi connectivity index (χ4n) is 3.96. The van der Waals surface area contributed by atoms with Gasteiger partial charge in [0.05, 0.1) is 18.4 Å². The molecule has 0 saturated heterocycles. The monoisotopic (exact) mass is 440 g/mol. The van der Waals surface area contributed by atoms with Gasteiger partial charge in [-0.25, -0.2) is 4.90 Å². The van der Waals surface area contributed by atoms with Crippen molar-refractivity contribution in [3.63, 3.8) is 0 Å². The van der Waals surface area contributed by atoms with Crippen molar-refractivity contribution in [2.24, 2.45) is 0 Å². The number of nitrogens with zero attached hydrogens (tertiary/aromatic N) is 1. The summed E-state index contributed by atoms with van der Waals surface area (Å²) in [6.07, 6.45) is 0. The summed E-state index contributed by atoms with van der Waals surface area (Å²) in [5.41, 5.74) is 2.76. The molecule has 0 bridgehead atoms. The number of thiophene rings is 1. The Balaban J connectivity index is 1.66. The van der Waals surface area contributed by atoms with Crippen molar-refractivity contribution in [1.29, 1.82) is 0 Å². The van der Waals surface area contributed by atoms with Gasteiger partial charge in [-0.05, 0) is 47.5 Å². The van der Waals surface area contributed by atoms with E-state index in [0.717, 1.165) is 26.9 Å². The van der Waals surface area contributed by atoms with E-state index < -0.39 is 5.91 Å². The van der Waals surface area contributed by atoms with E-state index in [1.54, 1.807) is 12.1 Å². The lowest BCUT2D eigenvalue weighted by atomic mass is 10.1. The van der Waals surface area contributed by atoms with E-state index in [1.807, 2.05) is 73.0 Å². The number of nitrogens with one attached hydrogen (secondary N) is 1. The van der Waals surface area contributed by atoms with E-state index in [-0.39, 0.29) is 11.6 Å². The van der Waals surface area contributed by atoms with Gasteiger partial charge >= 0.3 is 0 Å². The maximum atomic E-state index is 13.7. The van der Waals surface area contributed by atoms with Crippen molar-refractivity contribution in [3.8, 4) is 5.75 Å². The van der Waals surface area contributed by atoms with Crippen LogP contribution in [-0.2, 0) is 9.59 Å². The molecule has 2 amide bonds. The van der Waals surface area contributed by atoms with Crippen LogP contribution in [0.3, 0.4) is 0 Å². The number of hydrogen-bond acceptors (Lipinski definition) is 5. The first-order valence-electron chi connectivity index (χ1n) is 10.1. The fourth-order valence-corrected chi connectivity index (χ4v) is 4.73. The van der Waals surface area contributed by atoms with Gasteiger partial charge in [0, 0.05) is 16.0 Å². The molecule has 0 aliphatic carbocycles. The molecule has 2 heterocycles. The molecular formula is C26H20N2O3S. The van der Waals surface area contributed by atoms with Gasteiger partial charge in [-0.3, -0.25) is 9.59 Å². The first-order chi connectivity index (χ1) is 15.6. The molecule has 0 spiro atoms. The number of amides is 2. The van der Waals surface area contributed by atoms with Crippen molar-refractivity contribution in [2.75, 3.05) is 17.3 Å². The molecular weight excluding hydrogens is 420 g/mol. The van der Waals surface area contributed by atoms with E-state index in [2.05, 4.69) is 5.32 Å². The van der Waals surface area contributed by atoms with Crippen LogP contribution in [0.5, 0.6) is 5.75 Å². The topological polar surface area (TPSA) is 58.6 Å². The van der Waals surface area contributed by atoms with Crippen LogP contribution in [-0.4, -0.2) is 18.9 Å². The summed E-state index contributed by atoms with van der Waals surface area (Å²) in [7, 11) is 1.53. The highest BCUT2D eigenvalue weighted by atomic mass is 32.1. The zero-order chi connectivity index (χ0) is 22.2. The van der Waals surface area contributed by atoms with Crippen LogP contribution >= 0.6 is 11.3 Å². The van der Waals surface area contributed by atoms with Gasteiger partial charge in [-0.2, -0.15) is 0 Å². The Morgan fingerprint density at radius 1 is 0.906 bits per heavy atom. The van der Waals surface area contributed by atoms with E-state index in [1.165, 1.54) is 23.3 Å². The second-order valence-electron chi connectivity index (χ2n) is 7.50. The van der Waals surface area contributed by atoms with Gasteiger partial charge in [0.2, 0.25) is 0 Å². The third-order valence-corrected chi connectivity index (χ3v) is 6.36. The average molecular weight is 441 g/mol. The molecule has 0 saturated carbocycles. The zero-order valence-corrected chi connectivity index (χ0v) is 18.4. The number of benzene rings is 3. The Kier molecular flexibility index (Phi) is 4.99. The molecule has 5 rings (SSSR count). The summed E-state index contributed by atoms with van der Waals surface area (Å²) in [5.74, 6) is -0.312. The number of imide groups is 1. The summed E-state index contributed by atoms with van der Waals surface area (Å²) >= 11 is 1.43. The lowest BCUT2D eigenvalue weighted by Gasteiger charge is -2.19. The van der Waals surface area contributed by atoms with Gasteiger partial charge in [-0.1, -0.05) is 48.5 Å². The van der Waals surface area contributed by atoms with Crippen LogP contribution in [0.2, 0.25) is 0 Å². The van der Waals surface area contributed by atoms with Gasteiger partial charge in [0.25, 0.3) is 11.8 Å². The predicted octanol–water partition coefficient (Wildman–Crippen LogP) is 5.61. The van der Waals surface area contributed by atoms with E-state index in [0.29, 0.717) is 17.0 Å². The van der Waals surface area contributed by atoms with Crippen molar-refractivity contribution < 1.29 is 14.3 Å². The highest BCUT2D eigenvalue weighted by Crippen LogP contribution is 2.40. The fraction of sp³-hybridized carbons (Fsp3) is 0.0769. The van der Waals surface area contributed by atoms with E-state index in [4.69, 9.17) is 4.74 Å². The number of carbonyl (C=O) groups is 2. The normalized spacial score (nSPS) is 13.9. The van der Waals surface area contributed by atoms with Crippen molar-refractivity contribution in [2.45, 2.75) is 6.92 Å². The number of carbonyl (C=O) groups excluding carboxylic acids is 2. The third-order valence-electron chi connectivity index (χ3n) is 5.48. The second kappa shape index (κ2) is 7.98. The van der Waals surface area contributed by atoms with Crippen molar-refractivity contribution in [1.82, 2.24) is 0 Å². The van der Waals surface area contributed by atoms with Gasteiger partial charge < -0.3 is 10.1 Å². The van der Waals surface area contributed by atoms with E-state index in [9.17, 15) is 9.59 Å². The molecule has 3 aromatic carbocycles. The van der Waals surface area contributed by atoms with Crippen LogP contribution in [0.25, 0.3) is 16.3 Å². The predicted molar refractivity (Wildman–Crippen MR) is 129 cm³/mol. The molecule has 0 fully saturated rings. The maximum Gasteiger partial charge on any atom is 0.282 e. The Hall–Kier alpha value is -3.90. The lowest BCUT2D eigenvalue weighted by Crippen LogP contribution is -2.32. The summed E-state index contributed by atoms with van der Waals surface area (Å²) in [5, 5.41) is 7.20. The van der Waals surface area contributed by atoms with Crippen molar-refractivity contribution in [3.05, 3.63) is 94.3 Å². The molecule has 4 aromatic rings. The number of hydrogen-bond donors (Lipinski definition) is 1. The average Bonchev–Trinajstić information content (AvgIpc) is 3.40. The molecule has 1 N–H and O–H groups in total. The number of fused-ring (bicyclic) bond motifs is 1. The number of methoxy groups -OCH3 is 1. The van der Waals surface area contributed by atoms with Crippen LogP contribution in [0.4, 0.5) is 11.4 Å². The minimum Gasteiger partial charge on any atom is -0.495 e. The summed E-state index contributed by atoms with van der Waals surface area (Å²) in [4.78, 5) is 29.2. The quantitative estimate of drug-likeness (QED) is 0.410. The van der Waals surface area contributed by atoms with Crippen LogP contribution < -0.4 is 15.0 Å². The molecule has 1 aliphatic heterocycles. The highest BCUT2D eigenvalue weighted by molar-refractivity contribution is 7.11. The Labute approximate surface area is 189 Å². The summed E-state index contributed by atoms with van der Waals surface area (Å²) < 4.78 is 5.46. The number of ether oxygens (including phenoxy) is 1. The van der Waals surface area contributed by atoms with Crippen molar-refractivity contribution >= 4 is 50.9 Å². The molecule has 32 heavy (non-hydrogen) atoms. The first kappa shape index (κ1) is 20.0. The van der Waals surface area contributed by atoms with Gasteiger partial charge in [-0.15, -0.1) is 11.3 Å². The Morgan fingerprint density at radius 3 is 2.50 bits per heavy atom. The minimum absolute atomic E-state index is 0.261. The second-order valence-corrected chi connectivity index (χ2v) is 8.45. The molecule has 0 unspecified atom stereocenters. The molecule has 0 radical (unpaired) electrons. The number of rotatable bonds is 5. The smallest absolute Gasteiger partial charge is 0.282 e. The van der Waals surface area contributed by atoms with Crippen LogP contribution in [0.15, 0.2) is 83.9 Å². The summed E-state index contributed by atoms with van der Waals surface area (Å²) in [6, 6.07) is 23.0. The molecule has 6 heteroatoms. The number of aryl methyl sites for hydroxylation is 1.